The van der Waals surface area contributed by atoms with E-state index in [9.17, 15) is 20.1 Å². The molecule has 2 aromatic rings. The van der Waals surface area contributed by atoms with Crippen LogP contribution >= 0.6 is 0 Å². The molecule has 12 heteroatoms. The second kappa shape index (κ2) is 15.8. The first-order chi connectivity index (χ1) is 18.9. The van der Waals surface area contributed by atoms with Gasteiger partial charge in [0.15, 0.2) is 0 Å². The first-order valence-corrected chi connectivity index (χ1v) is 13.5. The van der Waals surface area contributed by atoms with E-state index in [1.807, 2.05) is 63.6 Å². The quantitative estimate of drug-likeness (QED) is 0.312. The summed E-state index contributed by atoms with van der Waals surface area (Å²) in [5.41, 5.74) is 2.65. The molecule has 0 bridgehead atoms. The van der Waals surface area contributed by atoms with Crippen LogP contribution in [0.2, 0.25) is 0 Å². The second-order valence-corrected chi connectivity index (χ2v) is 9.84. The normalized spacial score (nSPS) is 22.5. The molecule has 40 heavy (non-hydrogen) atoms. The van der Waals surface area contributed by atoms with Crippen LogP contribution in [-0.4, -0.2) is 93.0 Å². The molecule has 0 radical (unpaired) electrons. The van der Waals surface area contributed by atoms with Crippen LogP contribution in [0.3, 0.4) is 0 Å². The number of hydrogen-bond donors (Lipinski definition) is 4. The Bertz CT molecular complexity index is 1040. The molecule has 12 nitrogen and oxygen atoms in total. The molecule has 1 aromatic heterocycles. The Labute approximate surface area is 235 Å². The Kier molecular flexibility index (Phi) is 13.1. The zero-order chi connectivity index (χ0) is 30.0. The molecule has 5 atom stereocenters. The highest BCUT2D eigenvalue weighted by molar-refractivity contribution is 5.59. The summed E-state index contributed by atoms with van der Waals surface area (Å²) in [4.78, 5) is 11.6. The van der Waals surface area contributed by atoms with Gasteiger partial charge in [0.25, 0.3) is 0 Å². The third kappa shape index (κ3) is 9.07. The van der Waals surface area contributed by atoms with Crippen LogP contribution in [0.5, 0.6) is 11.6 Å². The summed E-state index contributed by atoms with van der Waals surface area (Å²) in [6.07, 6.45) is -7.58. The van der Waals surface area contributed by atoms with Crippen molar-refractivity contribution in [2.45, 2.75) is 97.7 Å². The number of hydrogen-bond acceptors (Lipinski definition) is 11. The fourth-order valence-electron chi connectivity index (χ4n) is 4.06. The predicted molar refractivity (Wildman–Crippen MR) is 145 cm³/mol. The van der Waals surface area contributed by atoms with Gasteiger partial charge in [-0.1, -0.05) is 12.1 Å². The van der Waals surface area contributed by atoms with Crippen molar-refractivity contribution in [2.75, 3.05) is 19.8 Å². The van der Waals surface area contributed by atoms with E-state index in [4.69, 9.17) is 28.8 Å². The third-order valence-corrected chi connectivity index (χ3v) is 5.93. The molecule has 226 valence electrons. The highest BCUT2D eigenvalue weighted by Gasteiger charge is 2.46. The van der Waals surface area contributed by atoms with Crippen LogP contribution in [0.4, 0.5) is 4.79 Å². The number of aliphatic hydroxyl groups excluding tert-OH is 4. The van der Waals surface area contributed by atoms with Crippen LogP contribution < -0.4 is 9.47 Å². The zero-order valence-electron chi connectivity index (χ0n) is 24.3. The lowest BCUT2D eigenvalue weighted by Crippen LogP contribution is -2.60. The first-order valence-electron chi connectivity index (χ1n) is 13.5. The summed E-state index contributed by atoms with van der Waals surface area (Å²) < 4.78 is 28.9. The van der Waals surface area contributed by atoms with E-state index in [0.29, 0.717) is 6.42 Å². The number of nitrogens with zero attached hydrogens (tertiary/aromatic N) is 2. The minimum atomic E-state index is -1.60. The number of ether oxygens (including phenoxy) is 5. The van der Waals surface area contributed by atoms with Crippen molar-refractivity contribution in [1.82, 2.24) is 9.78 Å². The molecule has 2 heterocycles. The van der Waals surface area contributed by atoms with E-state index >= 15 is 0 Å². The van der Waals surface area contributed by atoms with Gasteiger partial charge in [-0.15, -0.1) is 5.10 Å². The van der Waals surface area contributed by atoms with Gasteiger partial charge in [-0.05, 0) is 66.2 Å². The van der Waals surface area contributed by atoms with Gasteiger partial charge in [-0.3, -0.25) is 4.68 Å². The number of carbonyl (C=O) groups excluding carboxylic acids is 1. The van der Waals surface area contributed by atoms with Crippen LogP contribution in [0.15, 0.2) is 24.3 Å². The van der Waals surface area contributed by atoms with Gasteiger partial charge in [0, 0.05) is 30.3 Å². The summed E-state index contributed by atoms with van der Waals surface area (Å²) >= 11 is 0. The van der Waals surface area contributed by atoms with Crippen molar-refractivity contribution in [3.05, 3.63) is 41.1 Å². The van der Waals surface area contributed by atoms with Crippen molar-refractivity contribution in [3.8, 4) is 11.6 Å². The zero-order valence-corrected chi connectivity index (χ0v) is 24.3. The molecular weight excluding hydrogens is 524 g/mol. The molecule has 4 N–H and O–H groups in total. The smallest absolute Gasteiger partial charge is 0.491 e. The monoisotopic (exact) mass is 568 g/mol. The Morgan fingerprint density at radius 1 is 1.02 bits per heavy atom. The number of benzene rings is 1. The van der Waals surface area contributed by atoms with Gasteiger partial charge in [0.05, 0.1) is 12.7 Å². The fraction of sp³-hybridized carbons (Fsp3) is 0.643. The van der Waals surface area contributed by atoms with Crippen LogP contribution in [0.25, 0.3) is 0 Å². The molecule has 1 aliphatic rings. The summed E-state index contributed by atoms with van der Waals surface area (Å²) in [7, 11) is 0. The van der Waals surface area contributed by atoms with E-state index in [2.05, 4.69) is 5.10 Å². The molecule has 0 spiro atoms. The highest BCUT2D eigenvalue weighted by Crippen LogP contribution is 2.31. The maximum atomic E-state index is 11.6. The number of aromatic nitrogens is 2. The van der Waals surface area contributed by atoms with Gasteiger partial charge in [-0.25, -0.2) is 4.79 Å². The molecule has 0 unspecified atom stereocenters. The lowest BCUT2D eigenvalue weighted by Gasteiger charge is -2.39. The van der Waals surface area contributed by atoms with Crippen molar-refractivity contribution in [1.29, 1.82) is 0 Å². The molecule has 3 rings (SSSR count). The molecule has 1 saturated heterocycles. The SMILES string of the molecule is CCO.CCOC(=O)OC[C@H]1O[C@@H](Oc2nn(C(C)C)c(C)c2Cc2ccc(OC(C)C)cc2)[C@H](O)[C@@H](O)[C@@H]1O. The third-order valence-electron chi connectivity index (χ3n) is 5.93. The Hall–Kier alpha value is -2.90. The summed E-state index contributed by atoms with van der Waals surface area (Å²) in [6.45, 7) is 13.1. The molecular formula is C28H44N2O10. The minimum Gasteiger partial charge on any atom is -0.491 e. The fourth-order valence-corrected chi connectivity index (χ4v) is 4.06. The summed E-state index contributed by atoms with van der Waals surface area (Å²) in [6, 6.07) is 7.76. The first kappa shape index (κ1) is 33.3. The maximum absolute atomic E-state index is 11.6. The van der Waals surface area contributed by atoms with E-state index in [0.717, 1.165) is 22.6 Å². The largest absolute Gasteiger partial charge is 0.508 e. The summed E-state index contributed by atoms with van der Waals surface area (Å²) in [5, 5.41) is 43.5. The van der Waals surface area contributed by atoms with E-state index in [1.165, 1.54) is 0 Å². The Morgan fingerprint density at radius 3 is 2.20 bits per heavy atom. The van der Waals surface area contributed by atoms with Crippen molar-refractivity contribution in [3.63, 3.8) is 0 Å². The van der Waals surface area contributed by atoms with Crippen molar-refractivity contribution < 1.29 is 48.9 Å². The van der Waals surface area contributed by atoms with Gasteiger partial charge in [0.2, 0.25) is 12.2 Å². The molecule has 0 aliphatic carbocycles. The van der Waals surface area contributed by atoms with Crippen LogP contribution in [-0.2, 0) is 20.6 Å². The lowest BCUT2D eigenvalue weighted by atomic mass is 9.99. The molecule has 1 aromatic carbocycles. The molecule has 0 saturated carbocycles. The standard InChI is InChI=1S/C26H38N2O9.C2H6O/c1-7-33-26(32)34-13-20-21(29)22(30)23(31)25(36-20)37-24-19(16(6)28(27-24)14(2)3)12-17-8-10-18(11-9-17)35-15(4)5;1-2-3/h8-11,14-15,20-23,25,29-31H,7,12-13H2,1-6H3;3H,2H2,1H3/t20-,21-,22+,23-,25+;/m1./s1. The van der Waals surface area contributed by atoms with Crippen molar-refractivity contribution in [2.24, 2.45) is 0 Å². The topological polar surface area (TPSA) is 162 Å². The average molecular weight is 569 g/mol. The molecule has 1 fully saturated rings. The predicted octanol–water partition coefficient (Wildman–Crippen LogP) is 2.51. The Balaban J connectivity index is 0.00000178. The summed E-state index contributed by atoms with van der Waals surface area (Å²) in [5.74, 6) is 0.999. The maximum Gasteiger partial charge on any atom is 0.508 e. The molecule has 0 amide bonds. The number of carbonyl (C=O) groups is 1. The van der Waals surface area contributed by atoms with Gasteiger partial charge >= 0.3 is 6.16 Å². The lowest BCUT2D eigenvalue weighted by molar-refractivity contribution is -0.278. The number of aliphatic hydroxyl groups is 4. The van der Waals surface area contributed by atoms with E-state index < -0.39 is 43.5 Å². The Morgan fingerprint density at radius 2 is 1.65 bits per heavy atom. The minimum absolute atomic E-state index is 0.0354. The van der Waals surface area contributed by atoms with Gasteiger partial charge in [-0.2, -0.15) is 0 Å². The number of rotatable bonds is 10. The second-order valence-electron chi connectivity index (χ2n) is 9.84. The average Bonchev–Trinajstić information content (AvgIpc) is 3.20. The van der Waals surface area contributed by atoms with E-state index in [-0.39, 0.29) is 31.2 Å². The molecule has 1 aliphatic heterocycles. The van der Waals surface area contributed by atoms with E-state index in [1.54, 1.807) is 13.8 Å². The van der Waals surface area contributed by atoms with Crippen molar-refractivity contribution >= 4 is 6.16 Å². The van der Waals surface area contributed by atoms with Gasteiger partial charge < -0.3 is 44.1 Å². The van der Waals surface area contributed by atoms with Crippen LogP contribution in [0.1, 0.15) is 64.4 Å². The van der Waals surface area contributed by atoms with Gasteiger partial charge in [0.1, 0.15) is 36.8 Å². The van der Waals surface area contributed by atoms with Crippen LogP contribution in [0, 0.1) is 6.92 Å². The highest BCUT2D eigenvalue weighted by atomic mass is 16.7.